The molecule has 1 aromatic carbocycles. The quantitative estimate of drug-likeness (QED) is 0.136. The van der Waals surface area contributed by atoms with Crippen molar-refractivity contribution in [1.82, 2.24) is 24.2 Å². The number of hydrogen-bond donors (Lipinski definition) is 0. The maximum atomic E-state index is 16.4. The lowest BCUT2D eigenvalue weighted by molar-refractivity contribution is -0.124. The van der Waals surface area contributed by atoms with Gasteiger partial charge in [0.2, 0.25) is 5.91 Å². The zero-order valence-electron chi connectivity index (χ0n) is 31.5. The fourth-order valence-corrected chi connectivity index (χ4v) is 8.76. The largest absolute Gasteiger partial charge is 0.379 e. The van der Waals surface area contributed by atoms with E-state index in [1.807, 2.05) is 9.58 Å². The zero-order chi connectivity index (χ0) is 36.2. The van der Waals surface area contributed by atoms with Crippen molar-refractivity contribution in [3.63, 3.8) is 0 Å². The third-order valence-corrected chi connectivity index (χ3v) is 14.3. The summed E-state index contributed by atoms with van der Waals surface area (Å²) in [5.41, 5.74) is 3.27. The summed E-state index contributed by atoms with van der Waals surface area (Å²) in [6.45, 7) is 21.7. The zero-order valence-corrected chi connectivity index (χ0v) is 33.5. The number of likely N-dealkylation sites (N-methyl/N-ethyl adjacent to an activating group) is 1. The van der Waals surface area contributed by atoms with Crippen molar-refractivity contribution in [2.24, 2.45) is 11.3 Å². The molecule has 6 rings (SSSR count). The van der Waals surface area contributed by atoms with Crippen LogP contribution in [0.4, 0.5) is 14.5 Å². The highest BCUT2D eigenvalue weighted by atomic mass is 28.3. The van der Waals surface area contributed by atoms with Crippen LogP contribution >= 0.6 is 0 Å². The van der Waals surface area contributed by atoms with Gasteiger partial charge in [0.15, 0.2) is 17.5 Å². The number of halogens is 2. The number of amides is 1. The number of carbonyl (C=O) groups is 1. The van der Waals surface area contributed by atoms with Crippen molar-refractivity contribution in [2.75, 3.05) is 51.5 Å². The summed E-state index contributed by atoms with van der Waals surface area (Å²) >= 11 is 0. The van der Waals surface area contributed by atoms with Gasteiger partial charge in [-0.3, -0.25) is 14.3 Å². The first-order valence-electron chi connectivity index (χ1n) is 18.2. The fraction of sp³-hybridized carbons (Fsp3) is 0.694. The maximum absolute atomic E-state index is 16.4. The van der Waals surface area contributed by atoms with Crippen LogP contribution in [0.3, 0.4) is 0 Å². The molecule has 3 aliphatic rings. The fourth-order valence-electron chi connectivity index (χ4n) is 7.25. The van der Waals surface area contributed by atoms with E-state index in [1.165, 1.54) is 18.0 Å². The molecule has 0 spiro atoms. The van der Waals surface area contributed by atoms with E-state index in [4.69, 9.17) is 24.3 Å². The Kier molecular flexibility index (Phi) is 10.5. The number of carbonyl (C=O) groups excluding carboxylic acids is 1. The van der Waals surface area contributed by atoms with Gasteiger partial charge >= 0.3 is 0 Å². The molecule has 1 amide bonds. The van der Waals surface area contributed by atoms with E-state index in [9.17, 15) is 4.79 Å². The predicted octanol–water partition coefficient (Wildman–Crippen LogP) is 6.61. The molecule has 1 aliphatic heterocycles. The molecule has 3 heterocycles. The summed E-state index contributed by atoms with van der Waals surface area (Å²) in [6.07, 6.45) is 2.90. The summed E-state index contributed by atoms with van der Waals surface area (Å²) < 4.78 is 53.9. The lowest BCUT2D eigenvalue weighted by Gasteiger charge is -2.33. The minimum atomic E-state index is -1.40. The average Bonchev–Trinajstić information content (AvgIpc) is 3.41. The molecule has 1 saturated heterocycles. The lowest BCUT2D eigenvalue weighted by atomic mass is 9.87. The smallest absolute Gasteiger partial charge is 0.243 e. The molecule has 10 nitrogen and oxygen atoms in total. The Morgan fingerprint density at radius 3 is 2.34 bits per heavy atom. The molecule has 0 radical (unpaired) electrons. The first kappa shape index (κ1) is 37.3. The lowest BCUT2D eigenvalue weighted by Crippen LogP contribution is -2.50. The summed E-state index contributed by atoms with van der Waals surface area (Å²) in [5.74, 6) is -1.47. The molecule has 3 atom stereocenters. The number of imidazole rings is 1. The van der Waals surface area contributed by atoms with E-state index in [0.717, 1.165) is 42.6 Å². The van der Waals surface area contributed by atoms with Crippen molar-refractivity contribution < 1.29 is 27.8 Å². The van der Waals surface area contributed by atoms with Crippen molar-refractivity contribution in [3.8, 4) is 11.5 Å². The number of ether oxygens (including phenoxy) is 3. The van der Waals surface area contributed by atoms with Crippen molar-refractivity contribution in [1.29, 1.82) is 0 Å². The van der Waals surface area contributed by atoms with Crippen LogP contribution in [0.2, 0.25) is 51.4 Å². The van der Waals surface area contributed by atoms with E-state index in [0.29, 0.717) is 63.7 Å². The standard InChI is InChI=1S/C36H56F2N6O4Si2/c1-24(42-10-12-46-13-11-42)35(45)41(3)28-19-27-33(31(38)30(28)37)43(22-47-14-16-49(4,5)6)34(39-27)32-26-18-25-20-36(25,2)21-29(26)44(40-32)23-48-15-17-50(7,8)9/h19,24-25H,10-18,20-23H2,1-9H3/t24?,25-,36-/m1/s1. The highest BCUT2D eigenvalue weighted by molar-refractivity contribution is 6.76. The molecule has 50 heavy (non-hydrogen) atoms. The van der Waals surface area contributed by atoms with Crippen LogP contribution in [-0.4, -0.2) is 98.9 Å². The number of benzene rings is 1. The molecule has 0 N–H and O–H groups in total. The Morgan fingerprint density at radius 1 is 1.06 bits per heavy atom. The van der Waals surface area contributed by atoms with Gasteiger partial charge in [0.1, 0.15) is 24.7 Å². The van der Waals surface area contributed by atoms with Gasteiger partial charge in [0.05, 0.1) is 30.5 Å². The highest BCUT2D eigenvalue weighted by Gasteiger charge is 2.54. The number of nitrogens with zero attached hydrogens (tertiary/aromatic N) is 6. The molecule has 1 saturated carbocycles. The third-order valence-electron chi connectivity index (χ3n) is 10.9. The van der Waals surface area contributed by atoms with Crippen LogP contribution in [-0.2, 0) is 45.3 Å². The third kappa shape index (κ3) is 7.80. The van der Waals surface area contributed by atoms with Gasteiger partial charge in [-0.05, 0) is 55.7 Å². The van der Waals surface area contributed by atoms with Crippen molar-refractivity contribution >= 4 is 38.8 Å². The molecule has 2 aliphatic carbocycles. The molecule has 2 fully saturated rings. The summed E-state index contributed by atoms with van der Waals surface area (Å²) in [7, 11) is -1.17. The van der Waals surface area contributed by atoms with Crippen LogP contribution < -0.4 is 4.90 Å². The van der Waals surface area contributed by atoms with Crippen LogP contribution in [0.1, 0.15) is 31.5 Å². The van der Waals surface area contributed by atoms with Gasteiger partial charge in [-0.2, -0.15) is 5.10 Å². The molecular weight excluding hydrogens is 675 g/mol. The monoisotopic (exact) mass is 730 g/mol. The number of morpholine rings is 1. The second-order valence-electron chi connectivity index (χ2n) is 17.4. The van der Waals surface area contributed by atoms with Gasteiger partial charge < -0.3 is 19.1 Å². The molecule has 14 heteroatoms. The average molecular weight is 731 g/mol. The maximum Gasteiger partial charge on any atom is 0.243 e. The number of fused-ring (bicyclic) bond motifs is 3. The van der Waals surface area contributed by atoms with E-state index in [1.54, 1.807) is 11.5 Å². The first-order valence-corrected chi connectivity index (χ1v) is 25.6. The van der Waals surface area contributed by atoms with Gasteiger partial charge in [-0.25, -0.2) is 18.4 Å². The second kappa shape index (κ2) is 14.1. The Balaban J connectivity index is 1.40. The second-order valence-corrected chi connectivity index (χ2v) is 28.6. The molecule has 276 valence electrons. The number of hydrogen-bond acceptors (Lipinski definition) is 7. The van der Waals surface area contributed by atoms with Crippen LogP contribution in [0.15, 0.2) is 6.07 Å². The molecular formula is C36H56F2N6O4Si2. The number of anilines is 1. The van der Waals surface area contributed by atoms with Crippen molar-refractivity contribution in [2.45, 2.75) is 104 Å². The van der Waals surface area contributed by atoms with E-state index >= 15 is 8.78 Å². The Hall–Kier alpha value is -2.50. The van der Waals surface area contributed by atoms with Gasteiger partial charge in [-0.1, -0.05) is 46.2 Å². The molecule has 1 unspecified atom stereocenters. The van der Waals surface area contributed by atoms with Crippen LogP contribution in [0.25, 0.3) is 22.6 Å². The Bertz CT molecular complexity index is 1730. The molecule has 0 bridgehead atoms. The van der Waals surface area contributed by atoms with E-state index in [-0.39, 0.29) is 34.8 Å². The Morgan fingerprint density at radius 2 is 1.70 bits per heavy atom. The minimum absolute atomic E-state index is 0.00431. The Labute approximate surface area is 297 Å². The van der Waals surface area contributed by atoms with Crippen LogP contribution in [0.5, 0.6) is 0 Å². The van der Waals surface area contributed by atoms with E-state index < -0.39 is 33.8 Å². The number of aromatic nitrogens is 4. The summed E-state index contributed by atoms with van der Waals surface area (Å²) in [5, 5.41) is 5.09. The van der Waals surface area contributed by atoms with E-state index in [2.05, 4.69) is 46.2 Å². The first-order chi connectivity index (χ1) is 23.5. The highest BCUT2D eigenvalue weighted by Crippen LogP contribution is 2.60. The molecule has 2 aromatic heterocycles. The molecule has 3 aromatic rings. The van der Waals surface area contributed by atoms with Gasteiger partial charge in [-0.15, -0.1) is 0 Å². The van der Waals surface area contributed by atoms with Crippen LogP contribution in [0, 0.1) is 23.0 Å². The van der Waals surface area contributed by atoms with Gasteiger partial charge in [0.25, 0.3) is 0 Å². The SMILES string of the molecule is CC(C(=O)N(C)c1cc2nc(-c3nn(COCC[Si](C)(C)C)c4c3C[C@@H]3C[C@]3(C)C4)n(COCC[Si](C)(C)C)c2c(F)c1F)N1CCOCC1. The minimum Gasteiger partial charge on any atom is -0.379 e. The van der Waals surface area contributed by atoms with Gasteiger partial charge in [0, 0.05) is 60.8 Å². The number of rotatable bonds is 14. The van der Waals surface area contributed by atoms with Crippen molar-refractivity contribution in [3.05, 3.63) is 29.0 Å². The topological polar surface area (TPSA) is 86.9 Å². The summed E-state index contributed by atoms with van der Waals surface area (Å²) in [6, 6.07) is 2.96. The normalized spacial score (nSPS) is 21.7. The summed E-state index contributed by atoms with van der Waals surface area (Å²) in [4.78, 5) is 21.7. The predicted molar refractivity (Wildman–Crippen MR) is 198 cm³/mol.